The van der Waals surface area contributed by atoms with Gasteiger partial charge < -0.3 is 25.2 Å². The van der Waals surface area contributed by atoms with Crippen molar-refractivity contribution in [3.8, 4) is 27.9 Å². The second-order valence-electron chi connectivity index (χ2n) is 10.3. The Morgan fingerprint density at radius 2 is 1.88 bits per heavy atom. The summed E-state index contributed by atoms with van der Waals surface area (Å²) in [6, 6.07) is 3.91. The number of benzene rings is 1. The van der Waals surface area contributed by atoms with Crippen LogP contribution in [0.3, 0.4) is 0 Å². The molecule has 2 aromatic heterocycles. The summed E-state index contributed by atoms with van der Waals surface area (Å²) in [4.78, 5) is 7.23. The van der Waals surface area contributed by atoms with Gasteiger partial charge in [0.1, 0.15) is 12.4 Å². The zero-order valence-corrected chi connectivity index (χ0v) is 20.5. The molecular formula is C25H31N3O4S. The molecule has 3 aromatic rings. The molecule has 1 saturated carbocycles. The van der Waals surface area contributed by atoms with Gasteiger partial charge in [0, 0.05) is 10.4 Å². The summed E-state index contributed by atoms with van der Waals surface area (Å²) in [5.41, 5.74) is 10.7. The molecule has 0 radical (unpaired) electrons. The zero-order chi connectivity index (χ0) is 23.7. The predicted octanol–water partition coefficient (Wildman–Crippen LogP) is 3.75. The SMILES string of the molecule is Cc1cc(-c2noc(-c3sc(C)c4c3C[C@@H]3[C@H]4C3(C)C)n2)cc(C)c1OCC(N)(CO)CO. The molecule has 1 aromatic carbocycles. The number of aliphatic hydroxyl groups excluding tert-OH is 2. The molecule has 0 bridgehead atoms. The maximum Gasteiger partial charge on any atom is 0.268 e. The molecule has 0 unspecified atom stereocenters. The Morgan fingerprint density at radius 3 is 2.52 bits per heavy atom. The summed E-state index contributed by atoms with van der Waals surface area (Å²) in [7, 11) is 0. The number of nitrogens with two attached hydrogens (primary N) is 1. The number of nitrogens with zero attached hydrogens (tertiary/aromatic N) is 2. The maximum atomic E-state index is 9.40. The average Bonchev–Trinajstić information content (AvgIpc) is 3.27. The van der Waals surface area contributed by atoms with Crippen molar-refractivity contribution in [2.75, 3.05) is 19.8 Å². The lowest BCUT2D eigenvalue weighted by molar-refractivity contribution is 0.0780. The lowest BCUT2D eigenvalue weighted by Gasteiger charge is -2.25. The van der Waals surface area contributed by atoms with Gasteiger partial charge in [-0.3, -0.25) is 0 Å². The van der Waals surface area contributed by atoms with E-state index in [0.29, 0.717) is 28.8 Å². The van der Waals surface area contributed by atoms with Crippen molar-refractivity contribution in [3.05, 3.63) is 39.3 Å². The minimum absolute atomic E-state index is 0.00895. The van der Waals surface area contributed by atoms with E-state index in [1.165, 1.54) is 16.0 Å². The molecule has 33 heavy (non-hydrogen) atoms. The number of aryl methyl sites for hydroxylation is 3. The van der Waals surface area contributed by atoms with Gasteiger partial charge in [-0.2, -0.15) is 4.98 Å². The summed E-state index contributed by atoms with van der Waals surface area (Å²) >= 11 is 1.76. The van der Waals surface area contributed by atoms with Crippen LogP contribution >= 0.6 is 11.3 Å². The fourth-order valence-electron chi connectivity index (χ4n) is 5.40. The molecule has 4 N–H and O–H groups in total. The highest BCUT2D eigenvalue weighted by Gasteiger charge is 2.63. The molecule has 0 aliphatic heterocycles. The van der Waals surface area contributed by atoms with Crippen LogP contribution in [0.1, 0.15) is 46.9 Å². The minimum Gasteiger partial charge on any atom is -0.491 e. The fourth-order valence-corrected chi connectivity index (χ4v) is 6.55. The third-order valence-corrected chi connectivity index (χ3v) is 8.64. The Kier molecular flexibility index (Phi) is 5.21. The number of fused-ring (bicyclic) bond motifs is 3. The number of rotatable bonds is 7. The number of ether oxygens (including phenoxy) is 1. The van der Waals surface area contributed by atoms with Crippen LogP contribution in [0, 0.1) is 32.1 Å². The Labute approximate surface area is 197 Å². The molecule has 2 aliphatic rings. The van der Waals surface area contributed by atoms with Crippen LogP contribution in [-0.2, 0) is 6.42 Å². The molecule has 7 nitrogen and oxygen atoms in total. The zero-order valence-electron chi connectivity index (χ0n) is 19.7. The van der Waals surface area contributed by atoms with E-state index >= 15 is 0 Å². The number of aromatic nitrogens is 2. The molecule has 0 saturated heterocycles. The third kappa shape index (κ3) is 3.51. The van der Waals surface area contributed by atoms with Crippen molar-refractivity contribution < 1.29 is 19.5 Å². The topological polar surface area (TPSA) is 115 Å². The van der Waals surface area contributed by atoms with Crippen LogP contribution in [0.2, 0.25) is 0 Å². The summed E-state index contributed by atoms with van der Waals surface area (Å²) in [5, 5.41) is 23.1. The highest BCUT2D eigenvalue weighted by atomic mass is 32.1. The molecule has 8 heteroatoms. The molecule has 2 atom stereocenters. The van der Waals surface area contributed by atoms with Gasteiger partial charge in [0.2, 0.25) is 5.82 Å². The number of hydrogen-bond donors (Lipinski definition) is 3. The number of aliphatic hydroxyl groups is 2. The van der Waals surface area contributed by atoms with Crippen LogP contribution in [-0.4, -0.2) is 45.7 Å². The van der Waals surface area contributed by atoms with Crippen molar-refractivity contribution in [2.45, 2.75) is 52.5 Å². The van der Waals surface area contributed by atoms with Crippen molar-refractivity contribution in [3.63, 3.8) is 0 Å². The maximum absolute atomic E-state index is 9.40. The van der Waals surface area contributed by atoms with Crippen LogP contribution in [0.4, 0.5) is 0 Å². The predicted molar refractivity (Wildman–Crippen MR) is 128 cm³/mol. The van der Waals surface area contributed by atoms with E-state index in [9.17, 15) is 10.2 Å². The van der Waals surface area contributed by atoms with Crippen LogP contribution < -0.4 is 10.5 Å². The van der Waals surface area contributed by atoms with E-state index in [1.54, 1.807) is 11.3 Å². The van der Waals surface area contributed by atoms with Gasteiger partial charge in [-0.1, -0.05) is 19.0 Å². The largest absolute Gasteiger partial charge is 0.491 e. The summed E-state index contributed by atoms with van der Waals surface area (Å²) < 4.78 is 11.6. The summed E-state index contributed by atoms with van der Waals surface area (Å²) in [6.45, 7) is 10.1. The van der Waals surface area contributed by atoms with Gasteiger partial charge in [-0.05, 0) is 78.8 Å². The smallest absolute Gasteiger partial charge is 0.268 e. The van der Waals surface area contributed by atoms with Crippen molar-refractivity contribution >= 4 is 11.3 Å². The van der Waals surface area contributed by atoms with Crippen LogP contribution in [0.15, 0.2) is 16.7 Å². The Bertz CT molecular complexity index is 1200. The normalized spacial score (nSPS) is 20.6. The summed E-state index contributed by atoms with van der Waals surface area (Å²) in [5.74, 6) is 3.21. The van der Waals surface area contributed by atoms with E-state index in [1.807, 2.05) is 26.0 Å². The van der Waals surface area contributed by atoms with Crippen molar-refractivity contribution in [1.29, 1.82) is 0 Å². The first kappa shape index (κ1) is 22.5. The van der Waals surface area contributed by atoms with Crippen LogP contribution in [0.25, 0.3) is 22.2 Å². The molecule has 176 valence electrons. The standard InChI is InChI=1S/C25H31N3O4S/c1-12-6-15(7-13(2)20(12)31-11-25(26,9-29)10-30)22-27-23(32-28-22)21-16-8-17-19(24(17,4)5)18(16)14(3)33-21/h6-7,17,19,29-30H,8-11,26H2,1-5H3/t17-,19-/m1/s1. The lowest BCUT2D eigenvalue weighted by atomic mass is 9.95. The first-order valence-corrected chi connectivity index (χ1v) is 12.1. The molecule has 0 spiro atoms. The Hall–Kier alpha value is -2.26. The fraction of sp³-hybridized carbons (Fsp3) is 0.520. The third-order valence-electron chi connectivity index (χ3n) is 7.49. The van der Waals surface area contributed by atoms with E-state index < -0.39 is 5.54 Å². The number of thiophene rings is 1. The Balaban J connectivity index is 1.40. The van der Waals surface area contributed by atoms with Gasteiger partial charge in [-0.15, -0.1) is 11.3 Å². The monoisotopic (exact) mass is 469 g/mol. The first-order chi connectivity index (χ1) is 15.6. The highest BCUT2D eigenvalue weighted by molar-refractivity contribution is 7.15. The van der Waals surface area contributed by atoms with E-state index in [-0.39, 0.29) is 19.8 Å². The summed E-state index contributed by atoms with van der Waals surface area (Å²) in [6.07, 6.45) is 1.10. The van der Waals surface area contributed by atoms with Gasteiger partial charge in [0.15, 0.2) is 0 Å². The molecule has 1 fully saturated rings. The number of hydrogen-bond acceptors (Lipinski definition) is 8. The molecule has 5 rings (SSSR count). The van der Waals surface area contributed by atoms with E-state index in [4.69, 9.17) is 20.0 Å². The molecular weight excluding hydrogens is 438 g/mol. The van der Waals surface area contributed by atoms with E-state index in [2.05, 4.69) is 25.9 Å². The molecule has 2 heterocycles. The first-order valence-electron chi connectivity index (χ1n) is 11.3. The second kappa shape index (κ2) is 7.63. The van der Waals surface area contributed by atoms with Crippen molar-refractivity contribution in [1.82, 2.24) is 10.1 Å². The molecule has 0 amide bonds. The van der Waals surface area contributed by atoms with Gasteiger partial charge in [-0.25, -0.2) is 0 Å². The highest BCUT2D eigenvalue weighted by Crippen LogP contribution is 2.72. The molecule has 2 aliphatic carbocycles. The van der Waals surface area contributed by atoms with Crippen LogP contribution in [0.5, 0.6) is 5.75 Å². The minimum atomic E-state index is -1.19. The lowest BCUT2D eigenvalue weighted by Crippen LogP contribution is -2.52. The van der Waals surface area contributed by atoms with Gasteiger partial charge in [0.05, 0.1) is 23.6 Å². The quantitative estimate of drug-likeness (QED) is 0.483. The second-order valence-corrected chi connectivity index (χ2v) is 11.5. The average molecular weight is 470 g/mol. The van der Waals surface area contributed by atoms with Gasteiger partial charge >= 0.3 is 0 Å². The van der Waals surface area contributed by atoms with Gasteiger partial charge in [0.25, 0.3) is 5.89 Å². The Morgan fingerprint density at radius 1 is 1.21 bits per heavy atom. The van der Waals surface area contributed by atoms with E-state index in [0.717, 1.165) is 33.9 Å². The van der Waals surface area contributed by atoms with Crippen molar-refractivity contribution in [2.24, 2.45) is 17.1 Å².